The topological polar surface area (TPSA) is 16.4 Å². The van der Waals surface area contributed by atoms with E-state index < -0.39 is 5.41 Å². The van der Waals surface area contributed by atoms with Crippen molar-refractivity contribution in [2.24, 2.45) is 0 Å². The number of furan rings is 1. The number of hydrogen-bond donors (Lipinski definition) is 0. The molecule has 0 amide bonds. The van der Waals surface area contributed by atoms with Gasteiger partial charge in [-0.2, -0.15) is 0 Å². The molecule has 1 heterocycles. The molecule has 0 atom stereocenters. The number of anilines is 3. The molecule has 0 fully saturated rings. The summed E-state index contributed by atoms with van der Waals surface area (Å²) in [6.07, 6.45) is 0. The van der Waals surface area contributed by atoms with Crippen molar-refractivity contribution in [2.75, 3.05) is 4.90 Å². The Morgan fingerprint density at radius 2 is 0.894 bits per heavy atom. The van der Waals surface area contributed by atoms with Crippen LogP contribution in [0.1, 0.15) is 47.2 Å². The van der Waals surface area contributed by atoms with E-state index in [-0.39, 0.29) is 5.41 Å². The van der Waals surface area contributed by atoms with Gasteiger partial charge < -0.3 is 9.32 Å². The standard InChI is InChI=1S/C64H43NO/c1-63(2)52-26-11-6-20-46(52)49-35-34-43(39-57(49)63)65(58-31-17-33-60-62(58)51-24-10-15-32-59(51)66-60)44-37-41(40-18-4-3-5-19-40)36-42(38-44)45-25-16-30-56-61(45)50-23-9-14-29-55(50)64(56)53-27-12-7-21-47(53)48-22-8-13-28-54(48)64/h3-39H,1-2H3. The van der Waals surface area contributed by atoms with E-state index in [0.717, 1.165) is 50.1 Å². The first-order valence-electron chi connectivity index (χ1n) is 23.1. The van der Waals surface area contributed by atoms with Crippen molar-refractivity contribution in [3.05, 3.63) is 258 Å². The van der Waals surface area contributed by atoms with E-state index >= 15 is 0 Å². The SMILES string of the molecule is CC1(C)c2ccccc2-c2ccc(N(c3cc(-c4ccccc4)cc(-c4cccc5c4-c4ccccc4C54c5ccccc5-c5ccccc54)c3)c3cccc4oc5ccccc5c34)cc21. The molecule has 0 N–H and O–H groups in total. The van der Waals surface area contributed by atoms with Crippen LogP contribution in [0.25, 0.3) is 77.6 Å². The van der Waals surface area contributed by atoms with Crippen LogP contribution in [0.5, 0.6) is 0 Å². The maximum Gasteiger partial charge on any atom is 0.137 e. The van der Waals surface area contributed by atoms with Crippen molar-refractivity contribution in [1.29, 1.82) is 0 Å². The highest BCUT2D eigenvalue weighted by atomic mass is 16.3. The number of fused-ring (bicyclic) bond motifs is 16. The normalized spacial score (nSPS) is 14.2. The monoisotopic (exact) mass is 841 g/mol. The third kappa shape index (κ3) is 4.96. The zero-order chi connectivity index (χ0) is 43.7. The lowest BCUT2D eigenvalue weighted by atomic mass is 9.70. The Morgan fingerprint density at radius 3 is 1.65 bits per heavy atom. The second-order valence-corrected chi connectivity index (χ2v) is 18.7. The lowest BCUT2D eigenvalue weighted by Crippen LogP contribution is -2.25. The van der Waals surface area contributed by atoms with E-state index in [1.807, 2.05) is 0 Å². The summed E-state index contributed by atoms with van der Waals surface area (Å²) >= 11 is 0. The van der Waals surface area contributed by atoms with Gasteiger partial charge in [-0.3, -0.25) is 0 Å². The predicted molar refractivity (Wildman–Crippen MR) is 273 cm³/mol. The fourth-order valence-corrected chi connectivity index (χ4v) is 12.3. The molecule has 10 aromatic carbocycles. The predicted octanol–water partition coefficient (Wildman–Crippen LogP) is 17.0. The fraction of sp³-hybridized carbons (Fsp3) is 0.0625. The third-order valence-electron chi connectivity index (χ3n) is 15.1. The van der Waals surface area contributed by atoms with Gasteiger partial charge in [0.1, 0.15) is 11.2 Å². The summed E-state index contributed by atoms with van der Waals surface area (Å²) in [5, 5.41) is 2.19. The highest BCUT2D eigenvalue weighted by Gasteiger charge is 2.52. The minimum Gasteiger partial charge on any atom is -0.456 e. The summed E-state index contributed by atoms with van der Waals surface area (Å²) in [5.74, 6) is 0. The van der Waals surface area contributed by atoms with Gasteiger partial charge in [0.25, 0.3) is 0 Å². The number of nitrogens with zero attached hydrogens (tertiary/aromatic N) is 1. The van der Waals surface area contributed by atoms with E-state index in [9.17, 15) is 0 Å². The molecule has 0 saturated heterocycles. The van der Waals surface area contributed by atoms with Gasteiger partial charge in [-0.25, -0.2) is 0 Å². The Bertz CT molecular complexity index is 3770. The molecule has 2 heteroatoms. The van der Waals surface area contributed by atoms with Gasteiger partial charge >= 0.3 is 0 Å². The van der Waals surface area contributed by atoms with E-state index in [1.54, 1.807) is 0 Å². The Hall–Kier alpha value is -8.20. The van der Waals surface area contributed by atoms with Gasteiger partial charge in [0.05, 0.1) is 16.5 Å². The fourth-order valence-electron chi connectivity index (χ4n) is 12.3. The Labute approximate surface area is 384 Å². The highest BCUT2D eigenvalue weighted by molar-refractivity contribution is 6.14. The van der Waals surface area contributed by atoms with Crippen LogP contribution in [0.4, 0.5) is 17.1 Å². The molecular weight excluding hydrogens is 799 g/mol. The lowest BCUT2D eigenvalue weighted by molar-refractivity contribution is 0.660. The Balaban J connectivity index is 1.06. The van der Waals surface area contributed by atoms with Crippen LogP contribution in [0.15, 0.2) is 229 Å². The van der Waals surface area contributed by atoms with Gasteiger partial charge in [-0.05, 0) is 138 Å². The second-order valence-electron chi connectivity index (χ2n) is 18.7. The largest absolute Gasteiger partial charge is 0.456 e. The van der Waals surface area contributed by atoms with Crippen LogP contribution >= 0.6 is 0 Å². The minimum absolute atomic E-state index is 0.176. The molecule has 0 bridgehead atoms. The van der Waals surface area contributed by atoms with Crippen LogP contribution in [0, 0.1) is 0 Å². The molecule has 11 aromatic rings. The number of benzene rings is 10. The van der Waals surface area contributed by atoms with Crippen LogP contribution < -0.4 is 4.90 Å². The van der Waals surface area contributed by atoms with E-state index in [1.165, 1.54) is 77.9 Å². The van der Waals surface area contributed by atoms with E-state index in [0.29, 0.717) is 0 Å². The number of hydrogen-bond acceptors (Lipinski definition) is 2. The van der Waals surface area contributed by atoms with Gasteiger partial charge in [-0.15, -0.1) is 0 Å². The van der Waals surface area contributed by atoms with Gasteiger partial charge in [0.2, 0.25) is 0 Å². The summed E-state index contributed by atoms with van der Waals surface area (Å²) in [4.78, 5) is 2.49. The highest BCUT2D eigenvalue weighted by Crippen LogP contribution is 2.64. The first-order valence-corrected chi connectivity index (χ1v) is 23.1. The van der Waals surface area contributed by atoms with Crippen molar-refractivity contribution in [1.82, 2.24) is 0 Å². The molecule has 2 nitrogen and oxygen atoms in total. The van der Waals surface area contributed by atoms with Crippen LogP contribution in [0.3, 0.4) is 0 Å². The van der Waals surface area contributed by atoms with Crippen molar-refractivity contribution < 1.29 is 4.42 Å². The number of rotatable bonds is 5. The minimum atomic E-state index is -0.437. The first-order chi connectivity index (χ1) is 32.5. The Morgan fingerprint density at radius 1 is 0.348 bits per heavy atom. The summed E-state index contributed by atoms with van der Waals surface area (Å²) in [5.41, 5.74) is 25.0. The molecule has 1 spiro atoms. The molecule has 0 aliphatic heterocycles. The molecular formula is C64H43NO. The van der Waals surface area contributed by atoms with Gasteiger partial charge in [-0.1, -0.05) is 190 Å². The Kier molecular flexibility index (Phi) is 7.70. The molecule has 66 heavy (non-hydrogen) atoms. The summed E-state index contributed by atoms with van der Waals surface area (Å²) in [6.45, 7) is 4.73. The third-order valence-corrected chi connectivity index (χ3v) is 15.1. The summed E-state index contributed by atoms with van der Waals surface area (Å²) in [7, 11) is 0. The number of para-hydroxylation sites is 1. The zero-order valence-electron chi connectivity index (χ0n) is 36.7. The molecule has 3 aliphatic rings. The van der Waals surface area contributed by atoms with Crippen LogP contribution in [-0.4, -0.2) is 0 Å². The van der Waals surface area contributed by atoms with Crippen molar-refractivity contribution in [2.45, 2.75) is 24.7 Å². The average Bonchev–Trinajstić information content (AvgIpc) is 4.07. The van der Waals surface area contributed by atoms with Crippen molar-refractivity contribution >= 4 is 39.0 Å². The smallest absolute Gasteiger partial charge is 0.137 e. The molecule has 3 aliphatic carbocycles. The average molecular weight is 842 g/mol. The summed E-state index contributed by atoms with van der Waals surface area (Å²) in [6, 6.07) is 83.3. The van der Waals surface area contributed by atoms with Crippen LogP contribution in [0.2, 0.25) is 0 Å². The zero-order valence-corrected chi connectivity index (χ0v) is 36.7. The van der Waals surface area contributed by atoms with Crippen LogP contribution in [-0.2, 0) is 10.8 Å². The maximum absolute atomic E-state index is 6.60. The van der Waals surface area contributed by atoms with Gasteiger partial charge in [0.15, 0.2) is 0 Å². The molecule has 310 valence electrons. The molecule has 14 rings (SSSR count). The molecule has 0 saturated carbocycles. The van der Waals surface area contributed by atoms with Crippen molar-refractivity contribution in [3.63, 3.8) is 0 Å². The van der Waals surface area contributed by atoms with Gasteiger partial charge in [0, 0.05) is 22.2 Å². The molecule has 1 aromatic heterocycles. The maximum atomic E-state index is 6.60. The quantitative estimate of drug-likeness (QED) is 0.172. The first kappa shape index (κ1) is 37.2. The molecule has 0 unspecified atom stereocenters. The van der Waals surface area contributed by atoms with E-state index in [2.05, 4.69) is 243 Å². The lowest BCUT2D eigenvalue weighted by Gasteiger charge is -2.30. The van der Waals surface area contributed by atoms with E-state index in [4.69, 9.17) is 4.42 Å². The second kappa shape index (κ2) is 13.7. The molecule has 0 radical (unpaired) electrons. The summed E-state index contributed by atoms with van der Waals surface area (Å²) < 4.78 is 6.60. The van der Waals surface area contributed by atoms with Crippen molar-refractivity contribution in [3.8, 4) is 55.6 Å².